The molecule has 2 heteroatoms. The quantitative estimate of drug-likeness (QED) is 0.580. The van der Waals surface area contributed by atoms with Crippen LogP contribution in [0.1, 0.15) is 34.1 Å². The van der Waals surface area contributed by atoms with Crippen LogP contribution in [0.3, 0.4) is 0 Å². The van der Waals surface area contributed by atoms with E-state index in [-0.39, 0.29) is 5.04 Å². The molecule has 98 valence electrons. The van der Waals surface area contributed by atoms with Crippen molar-refractivity contribution in [2.24, 2.45) is 0 Å². The molecule has 0 fully saturated rings. The summed E-state index contributed by atoms with van der Waals surface area (Å²) in [5, 5.41) is 1.64. The van der Waals surface area contributed by atoms with E-state index in [1.165, 1.54) is 5.19 Å². The largest absolute Gasteiger partial charge is 0.303 e. The van der Waals surface area contributed by atoms with Crippen LogP contribution in [0, 0.1) is 0 Å². The van der Waals surface area contributed by atoms with Crippen LogP contribution in [0.4, 0.5) is 0 Å². The lowest BCUT2D eigenvalue weighted by Crippen LogP contribution is -2.53. The van der Waals surface area contributed by atoms with Crippen LogP contribution >= 0.6 is 0 Å². The van der Waals surface area contributed by atoms with Crippen LogP contribution in [0.25, 0.3) is 0 Å². The molecule has 1 rings (SSSR count). The van der Waals surface area contributed by atoms with Gasteiger partial charge in [0.25, 0.3) is 0 Å². The van der Waals surface area contributed by atoms with Crippen LogP contribution in [0.5, 0.6) is 0 Å². The molecular weight excluding hydrogens is 236 g/mol. The number of hydrogen-bond acceptors (Lipinski definition) is 1. The zero-order chi connectivity index (χ0) is 13.6. The zero-order valence-corrected chi connectivity index (χ0v) is 12.9. The molecule has 0 aromatic heterocycles. The second-order valence-electron chi connectivity index (χ2n) is 5.79. The summed E-state index contributed by atoms with van der Waals surface area (Å²) < 4.78 is 0. The Morgan fingerprint density at radius 1 is 1.17 bits per heavy atom. The van der Waals surface area contributed by atoms with E-state index in [2.05, 4.69) is 69.8 Å². The van der Waals surface area contributed by atoms with Crippen molar-refractivity contribution in [1.82, 2.24) is 0 Å². The first-order chi connectivity index (χ1) is 8.48. The van der Waals surface area contributed by atoms with Crippen molar-refractivity contribution in [3.05, 3.63) is 42.1 Å². The van der Waals surface area contributed by atoms with Gasteiger partial charge >= 0.3 is 0 Å². The van der Waals surface area contributed by atoms with Gasteiger partial charge in [-0.1, -0.05) is 68.1 Å². The van der Waals surface area contributed by atoms with Gasteiger partial charge in [-0.25, -0.2) is 0 Å². The summed E-state index contributed by atoms with van der Waals surface area (Å²) in [6.45, 7) is 8.99. The van der Waals surface area contributed by atoms with Crippen molar-refractivity contribution >= 4 is 19.5 Å². The summed E-state index contributed by atoms with van der Waals surface area (Å²) >= 11 is 0. The van der Waals surface area contributed by atoms with Gasteiger partial charge in [0.05, 0.1) is 0 Å². The molecule has 0 N–H and O–H groups in total. The summed E-state index contributed by atoms with van der Waals surface area (Å²) in [4.78, 5) is 10.8. The number of carbonyl (C=O) groups is 1. The molecule has 1 atom stereocenters. The van der Waals surface area contributed by atoms with Crippen molar-refractivity contribution in [2.75, 3.05) is 0 Å². The zero-order valence-electron chi connectivity index (χ0n) is 11.9. The van der Waals surface area contributed by atoms with Crippen LogP contribution < -0.4 is 5.19 Å². The van der Waals surface area contributed by atoms with E-state index < -0.39 is 8.07 Å². The molecule has 0 spiro atoms. The van der Waals surface area contributed by atoms with Gasteiger partial charge in [0, 0.05) is 6.42 Å². The highest BCUT2D eigenvalue weighted by Gasteiger charge is 2.42. The van der Waals surface area contributed by atoms with E-state index in [0.717, 1.165) is 12.3 Å². The molecule has 0 saturated heterocycles. The van der Waals surface area contributed by atoms with Gasteiger partial charge in [0.1, 0.15) is 14.4 Å². The molecule has 1 unspecified atom stereocenters. The third-order valence-electron chi connectivity index (χ3n) is 3.73. The lowest BCUT2D eigenvalue weighted by Gasteiger charge is -2.41. The normalized spacial score (nSPS) is 15.6. The number of allylic oxidation sites excluding steroid dienone is 1. The van der Waals surface area contributed by atoms with Crippen molar-refractivity contribution in [1.29, 1.82) is 0 Å². The Labute approximate surface area is 112 Å². The number of aldehydes is 1. The van der Waals surface area contributed by atoms with Crippen LogP contribution in [-0.2, 0) is 4.79 Å². The third-order valence-corrected chi connectivity index (χ3v) is 9.75. The molecular formula is C16H24OSi. The molecule has 0 aliphatic carbocycles. The first-order valence-electron chi connectivity index (χ1n) is 6.61. The monoisotopic (exact) mass is 260 g/mol. The highest BCUT2D eigenvalue weighted by Crippen LogP contribution is 2.40. The van der Waals surface area contributed by atoms with Gasteiger partial charge in [-0.05, 0) is 18.0 Å². The maximum absolute atomic E-state index is 10.8. The fraction of sp³-hybridized carbons (Fsp3) is 0.438. The van der Waals surface area contributed by atoms with E-state index >= 15 is 0 Å². The predicted molar refractivity (Wildman–Crippen MR) is 81.8 cm³/mol. The Hall–Kier alpha value is -1.15. The first-order valence-corrected chi connectivity index (χ1v) is 8.89. The van der Waals surface area contributed by atoms with E-state index in [1.807, 2.05) is 0 Å². The Morgan fingerprint density at radius 2 is 1.78 bits per heavy atom. The lowest BCUT2D eigenvalue weighted by molar-refractivity contribution is -0.107. The number of carbonyl (C=O) groups excluding carboxylic acids is 1. The molecule has 0 aliphatic rings. The molecule has 0 aliphatic heterocycles. The maximum Gasteiger partial charge on any atom is 0.119 e. The van der Waals surface area contributed by atoms with Crippen LogP contribution in [0.2, 0.25) is 11.1 Å². The summed E-state index contributed by atoms with van der Waals surface area (Å²) in [6.07, 6.45) is 3.87. The van der Waals surface area contributed by atoms with Gasteiger partial charge in [-0.3, -0.25) is 0 Å². The number of hydrogen-bond donors (Lipinski definition) is 0. The van der Waals surface area contributed by atoms with Crippen molar-refractivity contribution < 1.29 is 4.79 Å². The summed E-state index contributed by atoms with van der Waals surface area (Å²) in [6, 6.07) is 11.7. The fourth-order valence-electron chi connectivity index (χ4n) is 2.69. The highest BCUT2D eigenvalue weighted by molar-refractivity contribution is 6.98. The Bertz CT molecular complexity index is 403. The number of rotatable bonds is 5. The SMILES string of the molecule is C/C=C\[Si](CCC=O)(c1ccccc1)C(C)(C)C. The number of benzene rings is 1. The minimum atomic E-state index is -1.81. The highest BCUT2D eigenvalue weighted by atomic mass is 28.3. The Kier molecular flexibility index (Phi) is 5.09. The predicted octanol–water partition coefficient (Wildman–Crippen LogP) is 3.85. The first kappa shape index (κ1) is 14.9. The van der Waals surface area contributed by atoms with Gasteiger partial charge in [-0.15, -0.1) is 0 Å². The van der Waals surface area contributed by atoms with Crippen LogP contribution in [-0.4, -0.2) is 14.4 Å². The summed E-state index contributed by atoms with van der Waals surface area (Å²) in [5.41, 5.74) is 2.39. The van der Waals surface area contributed by atoms with Gasteiger partial charge in [0.15, 0.2) is 0 Å². The van der Waals surface area contributed by atoms with E-state index in [4.69, 9.17) is 0 Å². The van der Waals surface area contributed by atoms with Gasteiger partial charge in [-0.2, -0.15) is 0 Å². The summed E-state index contributed by atoms with van der Waals surface area (Å²) in [5.74, 6) is 0. The minimum Gasteiger partial charge on any atom is -0.303 e. The minimum absolute atomic E-state index is 0.212. The molecule has 0 saturated carbocycles. The average Bonchev–Trinajstić information content (AvgIpc) is 2.34. The Morgan fingerprint density at radius 3 is 2.22 bits per heavy atom. The van der Waals surface area contributed by atoms with Gasteiger partial charge < -0.3 is 4.79 Å². The standard InChI is InChI=1S/C16H24OSi/c1-5-13-18(14-9-12-17,16(2,3)4)15-10-7-6-8-11-15/h5-8,10-13H,9,14H2,1-4H3/b13-5-. The molecule has 0 radical (unpaired) electrons. The molecule has 1 nitrogen and oxygen atoms in total. The van der Waals surface area contributed by atoms with Crippen molar-refractivity contribution in [2.45, 2.75) is 45.2 Å². The molecule has 0 amide bonds. The topological polar surface area (TPSA) is 17.1 Å². The molecule has 1 aromatic carbocycles. The fourth-order valence-corrected chi connectivity index (χ4v) is 7.38. The Balaban J connectivity index is 3.33. The van der Waals surface area contributed by atoms with Crippen molar-refractivity contribution in [3.63, 3.8) is 0 Å². The lowest BCUT2D eigenvalue weighted by atomic mass is 10.2. The molecule has 0 bridgehead atoms. The molecule has 1 aromatic rings. The second-order valence-corrected chi connectivity index (χ2v) is 10.6. The van der Waals surface area contributed by atoms with Crippen LogP contribution in [0.15, 0.2) is 42.1 Å². The molecule has 0 heterocycles. The van der Waals surface area contributed by atoms with Gasteiger partial charge in [0.2, 0.25) is 0 Å². The third kappa shape index (κ3) is 2.99. The van der Waals surface area contributed by atoms with Crippen molar-refractivity contribution in [3.8, 4) is 0 Å². The molecule has 18 heavy (non-hydrogen) atoms. The summed E-state index contributed by atoms with van der Waals surface area (Å²) in [7, 11) is -1.81. The maximum atomic E-state index is 10.8. The van der Waals surface area contributed by atoms with E-state index in [9.17, 15) is 4.79 Å². The average molecular weight is 260 g/mol. The van der Waals surface area contributed by atoms with E-state index in [1.54, 1.807) is 0 Å². The van der Waals surface area contributed by atoms with E-state index in [0.29, 0.717) is 6.42 Å². The smallest absolute Gasteiger partial charge is 0.119 e. The second kappa shape index (κ2) is 6.14.